The van der Waals surface area contributed by atoms with Crippen molar-refractivity contribution in [2.75, 3.05) is 0 Å². The summed E-state index contributed by atoms with van der Waals surface area (Å²) in [6.07, 6.45) is 1.77. The highest BCUT2D eigenvalue weighted by Gasteiger charge is 2.46. The lowest BCUT2D eigenvalue weighted by Crippen LogP contribution is -2.41. The number of pyridine rings is 1. The number of hydrogen-bond acceptors (Lipinski definition) is 3. The van der Waals surface area contributed by atoms with Crippen molar-refractivity contribution in [1.29, 1.82) is 0 Å². The Morgan fingerprint density at radius 1 is 1.29 bits per heavy atom. The van der Waals surface area contributed by atoms with Crippen molar-refractivity contribution < 1.29 is 9.90 Å². The van der Waals surface area contributed by atoms with Crippen molar-refractivity contribution in [2.24, 2.45) is 0 Å². The standard InChI is InChI=1S/C18H19BrN2O3/c1-11-9-15(22)10-16(23)21(11)12(2)17(24)20-18(7-8-18)13-3-5-14(19)6-4-13/h3-6,9-10,12,22H,7-8H2,1-2H3,(H,20,24)/t12-/m1/s1. The molecule has 1 amide bonds. The number of aryl methyl sites for hydroxylation is 1. The number of nitrogens with zero attached hydrogens (tertiary/aromatic N) is 1. The average Bonchev–Trinajstić information content (AvgIpc) is 3.27. The summed E-state index contributed by atoms with van der Waals surface area (Å²) in [6.45, 7) is 3.39. The minimum Gasteiger partial charge on any atom is -0.508 e. The van der Waals surface area contributed by atoms with Gasteiger partial charge in [-0.05, 0) is 50.5 Å². The predicted molar refractivity (Wildman–Crippen MR) is 95.0 cm³/mol. The minimum atomic E-state index is -0.647. The second-order valence-electron chi connectivity index (χ2n) is 6.32. The molecule has 0 unspecified atom stereocenters. The fourth-order valence-corrected chi connectivity index (χ4v) is 3.29. The Bertz CT molecular complexity index is 838. The number of hydrogen-bond donors (Lipinski definition) is 2. The van der Waals surface area contributed by atoms with E-state index >= 15 is 0 Å². The molecule has 1 aromatic carbocycles. The van der Waals surface area contributed by atoms with Gasteiger partial charge >= 0.3 is 0 Å². The van der Waals surface area contributed by atoms with Crippen molar-refractivity contribution in [2.45, 2.75) is 38.3 Å². The van der Waals surface area contributed by atoms with Crippen LogP contribution in [0.2, 0.25) is 0 Å². The molecule has 0 saturated heterocycles. The third-order valence-corrected chi connectivity index (χ3v) is 5.05. The van der Waals surface area contributed by atoms with Gasteiger partial charge in [-0.25, -0.2) is 0 Å². The van der Waals surface area contributed by atoms with Gasteiger partial charge < -0.3 is 15.0 Å². The van der Waals surface area contributed by atoms with Crippen molar-refractivity contribution >= 4 is 21.8 Å². The largest absolute Gasteiger partial charge is 0.508 e. The molecule has 6 heteroatoms. The number of nitrogens with one attached hydrogen (secondary N) is 1. The lowest BCUT2D eigenvalue weighted by atomic mass is 10.0. The first-order valence-electron chi connectivity index (χ1n) is 7.83. The van der Waals surface area contributed by atoms with Crippen molar-refractivity contribution in [1.82, 2.24) is 9.88 Å². The number of carbonyl (C=O) groups excluding carboxylic acids is 1. The molecular formula is C18H19BrN2O3. The average molecular weight is 391 g/mol. The van der Waals surface area contributed by atoms with Gasteiger partial charge in [-0.1, -0.05) is 28.1 Å². The van der Waals surface area contributed by atoms with E-state index in [1.54, 1.807) is 13.8 Å². The number of aromatic nitrogens is 1. The van der Waals surface area contributed by atoms with E-state index in [4.69, 9.17) is 0 Å². The molecule has 1 saturated carbocycles. The molecule has 1 heterocycles. The molecule has 2 N–H and O–H groups in total. The summed E-state index contributed by atoms with van der Waals surface area (Å²) in [6, 6.07) is 9.87. The Balaban J connectivity index is 1.83. The van der Waals surface area contributed by atoms with Gasteiger partial charge in [-0.15, -0.1) is 0 Å². The van der Waals surface area contributed by atoms with E-state index in [1.807, 2.05) is 24.3 Å². The molecule has 5 nitrogen and oxygen atoms in total. The summed E-state index contributed by atoms with van der Waals surface area (Å²) in [4.78, 5) is 24.8. The van der Waals surface area contributed by atoms with Crippen LogP contribution in [0.3, 0.4) is 0 Å². The first kappa shape index (κ1) is 16.8. The molecule has 0 bridgehead atoms. The molecule has 3 rings (SSSR count). The molecule has 0 aliphatic heterocycles. The highest BCUT2D eigenvalue weighted by atomic mass is 79.9. The molecule has 1 aliphatic carbocycles. The van der Waals surface area contributed by atoms with Crippen LogP contribution >= 0.6 is 15.9 Å². The van der Waals surface area contributed by atoms with Gasteiger partial charge in [0.15, 0.2) is 0 Å². The van der Waals surface area contributed by atoms with Gasteiger partial charge in [0, 0.05) is 16.2 Å². The number of aromatic hydroxyl groups is 1. The smallest absolute Gasteiger partial charge is 0.255 e. The van der Waals surface area contributed by atoms with Crippen molar-refractivity contribution in [3.63, 3.8) is 0 Å². The van der Waals surface area contributed by atoms with Gasteiger partial charge in [0.05, 0.1) is 5.54 Å². The lowest BCUT2D eigenvalue weighted by Gasteiger charge is -2.23. The van der Waals surface area contributed by atoms with Crippen LogP contribution in [0.15, 0.2) is 45.7 Å². The summed E-state index contributed by atoms with van der Waals surface area (Å²) in [5, 5.41) is 12.6. The van der Waals surface area contributed by atoms with Crippen LogP contribution in [0.5, 0.6) is 5.75 Å². The Labute approximate surface area is 148 Å². The first-order chi connectivity index (χ1) is 11.3. The second kappa shape index (κ2) is 6.09. The van der Waals surface area contributed by atoms with Gasteiger partial charge in [-0.3, -0.25) is 9.59 Å². The van der Waals surface area contributed by atoms with Crippen molar-refractivity contribution in [3.8, 4) is 5.75 Å². The molecule has 1 aromatic heterocycles. The molecule has 2 aromatic rings. The Kier molecular flexibility index (Phi) is 4.25. The first-order valence-corrected chi connectivity index (χ1v) is 8.62. The topological polar surface area (TPSA) is 71.3 Å². The van der Waals surface area contributed by atoms with Gasteiger partial charge in [-0.2, -0.15) is 0 Å². The monoisotopic (exact) mass is 390 g/mol. The molecule has 1 fully saturated rings. The summed E-state index contributed by atoms with van der Waals surface area (Å²) in [5.41, 5.74) is 0.904. The van der Waals surface area contributed by atoms with Crippen LogP contribution in [-0.2, 0) is 10.3 Å². The van der Waals surface area contributed by atoms with E-state index in [0.717, 1.165) is 28.9 Å². The fourth-order valence-electron chi connectivity index (χ4n) is 3.03. The van der Waals surface area contributed by atoms with E-state index in [1.165, 1.54) is 10.6 Å². The molecule has 1 aliphatic rings. The van der Waals surface area contributed by atoms with Crippen LogP contribution in [0.4, 0.5) is 0 Å². The van der Waals surface area contributed by atoms with E-state index in [-0.39, 0.29) is 22.8 Å². The molecule has 0 radical (unpaired) electrons. The van der Waals surface area contributed by atoms with E-state index in [9.17, 15) is 14.7 Å². The Morgan fingerprint density at radius 2 is 1.92 bits per heavy atom. The number of halogens is 1. The number of benzene rings is 1. The number of amides is 1. The molecule has 24 heavy (non-hydrogen) atoms. The summed E-state index contributed by atoms with van der Waals surface area (Å²) in [5.74, 6) is -0.291. The molecule has 0 spiro atoms. The zero-order chi connectivity index (χ0) is 17.5. The third kappa shape index (κ3) is 3.11. The highest BCUT2D eigenvalue weighted by Crippen LogP contribution is 2.46. The van der Waals surface area contributed by atoms with Gasteiger partial charge in [0.25, 0.3) is 5.56 Å². The zero-order valence-electron chi connectivity index (χ0n) is 13.5. The maximum atomic E-state index is 12.7. The maximum Gasteiger partial charge on any atom is 0.255 e. The quantitative estimate of drug-likeness (QED) is 0.842. The van der Waals surface area contributed by atoms with Crippen LogP contribution < -0.4 is 10.9 Å². The third-order valence-electron chi connectivity index (χ3n) is 4.52. The van der Waals surface area contributed by atoms with Crippen LogP contribution in [0.1, 0.15) is 37.1 Å². The molecule has 126 valence electrons. The molecule has 1 atom stereocenters. The zero-order valence-corrected chi connectivity index (χ0v) is 15.1. The van der Waals surface area contributed by atoms with Crippen LogP contribution in [0, 0.1) is 6.92 Å². The second-order valence-corrected chi connectivity index (χ2v) is 7.23. The summed E-state index contributed by atoms with van der Waals surface area (Å²) >= 11 is 3.41. The molecular weight excluding hydrogens is 372 g/mol. The summed E-state index contributed by atoms with van der Waals surface area (Å²) in [7, 11) is 0. The maximum absolute atomic E-state index is 12.7. The lowest BCUT2D eigenvalue weighted by molar-refractivity contribution is -0.125. The van der Waals surface area contributed by atoms with E-state index in [2.05, 4.69) is 21.2 Å². The Hall–Kier alpha value is -2.08. The van der Waals surface area contributed by atoms with Crippen molar-refractivity contribution in [3.05, 3.63) is 62.5 Å². The number of rotatable bonds is 4. The predicted octanol–water partition coefficient (Wildman–Crippen LogP) is 2.99. The van der Waals surface area contributed by atoms with Gasteiger partial charge in [0.1, 0.15) is 11.8 Å². The van der Waals surface area contributed by atoms with E-state index < -0.39 is 6.04 Å². The fraction of sp³-hybridized carbons (Fsp3) is 0.333. The van der Waals surface area contributed by atoms with E-state index in [0.29, 0.717) is 5.69 Å². The highest BCUT2D eigenvalue weighted by molar-refractivity contribution is 9.10. The number of carbonyl (C=O) groups is 1. The normalized spacial score (nSPS) is 16.5. The summed E-state index contributed by atoms with van der Waals surface area (Å²) < 4.78 is 2.39. The van der Waals surface area contributed by atoms with Crippen LogP contribution in [-0.4, -0.2) is 15.6 Å². The van der Waals surface area contributed by atoms with Gasteiger partial charge in [0.2, 0.25) is 5.91 Å². The Morgan fingerprint density at radius 3 is 2.46 bits per heavy atom. The SMILES string of the molecule is Cc1cc(O)cc(=O)n1[C@H](C)C(=O)NC1(c2ccc(Br)cc2)CC1. The van der Waals surface area contributed by atoms with Crippen LogP contribution in [0.25, 0.3) is 0 Å². The minimum absolute atomic E-state index is 0.0881.